The Morgan fingerprint density at radius 1 is 1.03 bits per heavy atom. The van der Waals surface area contributed by atoms with Gasteiger partial charge < -0.3 is 0 Å². The molecule has 0 spiro atoms. The van der Waals surface area contributed by atoms with Gasteiger partial charge in [-0.1, -0.05) is 41.9 Å². The number of rotatable bonds is 6. The van der Waals surface area contributed by atoms with Crippen LogP contribution in [0.1, 0.15) is 11.1 Å². The number of aromatic amines is 1. The first-order valence-corrected chi connectivity index (χ1v) is 11.1. The zero-order valence-corrected chi connectivity index (χ0v) is 18.1. The highest BCUT2D eigenvalue weighted by atomic mass is 35.5. The topological polar surface area (TPSA) is 105 Å². The Labute approximate surface area is 191 Å². The monoisotopic (exact) mass is 494 g/mol. The van der Waals surface area contributed by atoms with Gasteiger partial charge in [-0.15, -0.1) is 10.2 Å². The molecule has 1 N–H and O–H groups in total. The van der Waals surface area contributed by atoms with Gasteiger partial charge in [-0.3, -0.25) is 0 Å². The van der Waals surface area contributed by atoms with E-state index in [4.69, 9.17) is 11.6 Å². The maximum absolute atomic E-state index is 13.5. The number of hydrogen-bond donors (Lipinski definition) is 1. The summed E-state index contributed by atoms with van der Waals surface area (Å²) >= 11 is 6.09. The number of nitrogens with zero attached hydrogens (tertiary/aromatic N) is 5. The quantitative estimate of drug-likeness (QED) is 0.428. The first-order valence-electron chi connectivity index (χ1n) is 9.29. The molecular weight excluding hydrogens is 481 g/mol. The van der Waals surface area contributed by atoms with Crippen molar-refractivity contribution >= 4 is 27.4 Å². The number of benzene rings is 2. The van der Waals surface area contributed by atoms with E-state index in [9.17, 15) is 21.6 Å². The average molecular weight is 495 g/mol. The molecule has 0 aliphatic carbocycles. The Bertz CT molecular complexity index is 1350. The van der Waals surface area contributed by atoms with Gasteiger partial charge in [0.2, 0.25) is 5.82 Å². The molecule has 4 rings (SSSR count). The number of pyridine rings is 1. The smallest absolute Gasteiger partial charge is 0.244 e. The summed E-state index contributed by atoms with van der Waals surface area (Å²) in [7, 11) is -4.27. The Hall–Kier alpha value is -3.51. The van der Waals surface area contributed by atoms with Crippen molar-refractivity contribution in [3.8, 4) is 11.4 Å². The van der Waals surface area contributed by atoms with E-state index in [-0.39, 0.29) is 23.1 Å². The number of halogens is 4. The second-order valence-corrected chi connectivity index (χ2v) is 9.05. The summed E-state index contributed by atoms with van der Waals surface area (Å²) in [6, 6.07) is 14.8. The highest BCUT2D eigenvalue weighted by Gasteiger charge is 2.34. The maximum atomic E-state index is 13.5. The number of alkyl halides is 3. The van der Waals surface area contributed by atoms with Crippen LogP contribution in [0, 0.1) is 0 Å². The van der Waals surface area contributed by atoms with E-state index in [1.807, 2.05) is 0 Å². The van der Waals surface area contributed by atoms with E-state index < -0.39 is 26.8 Å². The molecule has 0 atom stereocenters. The minimum absolute atomic E-state index is 0.122. The lowest BCUT2D eigenvalue weighted by atomic mass is 10.2. The molecule has 0 unspecified atom stereocenters. The van der Waals surface area contributed by atoms with Gasteiger partial charge in [-0.2, -0.15) is 18.4 Å². The van der Waals surface area contributed by atoms with Crippen molar-refractivity contribution in [1.29, 1.82) is 0 Å². The molecule has 0 aliphatic rings. The number of hydrogen-bond acceptors (Lipinski definition) is 6. The molecule has 0 saturated carbocycles. The van der Waals surface area contributed by atoms with Crippen molar-refractivity contribution in [3.05, 3.63) is 83.0 Å². The van der Waals surface area contributed by atoms with Gasteiger partial charge in [0.15, 0.2) is 5.82 Å². The van der Waals surface area contributed by atoms with E-state index in [2.05, 4.69) is 25.6 Å². The van der Waals surface area contributed by atoms with Crippen molar-refractivity contribution in [3.63, 3.8) is 0 Å². The van der Waals surface area contributed by atoms with E-state index in [1.165, 1.54) is 24.3 Å². The van der Waals surface area contributed by atoms with Crippen molar-refractivity contribution in [2.75, 3.05) is 4.31 Å². The molecule has 13 heteroatoms. The standard InChI is InChI=1S/C20H14ClF3N6O2S/c21-17-10-15(20(22,23)24)11-25-19(17)30(12-13-4-2-1-3-5-13)33(31,32)16-8-6-14(7-9-16)18-26-28-29-27-18/h1-11H,12H2,(H,26,27,28,29). The molecule has 0 amide bonds. The summed E-state index contributed by atoms with van der Waals surface area (Å²) in [5.74, 6) is -0.0525. The van der Waals surface area contributed by atoms with Crippen molar-refractivity contribution in [2.24, 2.45) is 0 Å². The summed E-state index contributed by atoms with van der Waals surface area (Å²) in [6.07, 6.45) is -4.13. The van der Waals surface area contributed by atoms with Gasteiger partial charge in [0.25, 0.3) is 10.0 Å². The fraction of sp³-hybridized carbons (Fsp3) is 0.100. The number of sulfonamides is 1. The minimum atomic E-state index is -4.68. The summed E-state index contributed by atoms with van der Waals surface area (Å²) in [4.78, 5) is 3.63. The van der Waals surface area contributed by atoms with Crippen LogP contribution < -0.4 is 4.31 Å². The number of nitrogens with one attached hydrogen (secondary N) is 1. The average Bonchev–Trinajstić information content (AvgIpc) is 3.33. The van der Waals surface area contributed by atoms with Gasteiger partial charge in [-0.25, -0.2) is 17.7 Å². The van der Waals surface area contributed by atoms with Crippen LogP contribution in [0.25, 0.3) is 11.4 Å². The van der Waals surface area contributed by atoms with Gasteiger partial charge in [0, 0.05) is 11.8 Å². The van der Waals surface area contributed by atoms with Crippen LogP contribution in [0.3, 0.4) is 0 Å². The van der Waals surface area contributed by atoms with Crippen LogP contribution in [0.15, 0.2) is 71.8 Å². The lowest BCUT2D eigenvalue weighted by molar-refractivity contribution is -0.137. The molecule has 0 fully saturated rings. The normalized spacial score (nSPS) is 12.0. The largest absolute Gasteiger partial charge is 0.417 e. The molecule has 8 nitrogen and oxygen atoms in total. The van der Waals surface area contributed by atoms with Crippen molar-refractivity contribution < 1.29 is 21.6 Å². The third-order valence-electron chi connectivity index (χ3n) is 4.60. The molecular formula is C20H14ClF3N6O2S. The summed E-state index contributed by atoms with van der Waals surface area (Å²) < 4.78 is 67.1. The predicted molar refractivity (Wildman–Crippen MR) is 114 cm³/mol. The summed E-state index contributed by atoms with van der Waals surface area (Å²) in [6.45, 7) is -0.201. The first-order chi connectivity index (χ1) is 15.7. The van der Waals surface area contributed by atoms with Gasteiger partial charge in [0.05, 0.1) is 22.0 Å². The zero-order chi connectivity index (χ0) is 23.6. The fourth-order valence-electron chi connectivity index (χ4n) is 2.98. The first kappa shape index (κ1) is 22.7. The lowest BCUT2D eigenvalue weighted by Crippen LogP contribution is -2.31. The number of aromatic nitrogens is 5. The highest BCUT2D eigenvalue weighted by molar-refractivity contribution is 7.92. The molecule has 0 saturated heterocycles. The SMILES string of the molecule is O=S(=O)(c1ccc(-c2nn[nH]n2)cc1)N(Cc1ccccc1)c1ncc(C(F)(F)F)cc1Cl. The maximum Gasteiger partial charge on any atom is 0.417 e. The van der Waals surface area contributed by atoms with Gasteiger partial charge in [-0.05, 0) is 41.1 Å². The molecule has 0 aliphatic heterocycles. The number of H-pyrrole nitrogens is 1. The molecule has 0 bridgehead atoms. The number of anilines is 1. The molecule has 170 valence electrons. The molecule has 2 aromatic heterocycles. The zero-order valence-electron chi connectivity index (χ0n) is 16.5. The second-order valence-electron chi connectivity index (χ2n) is 6.78. The molecule has 2 aromatic carbocycles. The highest BCUT2D eigenvalue weighted by Crippen LogP contribution is 2.36. The summed E-state index contributed by atoms with van der Waals surface area (Å²) in [5.41, 5.74) is 0.0167. The molecule has 33 heavy (non-hydrogen) atoms. The van der Waals surface area contributed by atoms with Crippen LogP contribution in [0.5, 0.6) is 0 Å². The van der Waals surface area contributed by atoms with Crippen LogP contribution >= 0.6 is 11.6 Å². The predicted octanol–water partition coefficient (Wildman–Crippen LogP) is 4.33. The third kappa shape index (κ3) is 4.81. The third-order valence-corrected chi connectivity index (χ3v) is 6.63. The Kier molecular flexibility index (Phi) is 6.04. The second kappa shape index (κ2) is 8.79. The van der Waals surface area contributed by atoms with Crippen LogP contribution in [-0.2, 0) is 22.7 Å². The lowest BCUT2D eigenvalue weighted by Gasteiger charge is -2.25. The Balaban J connectivity index is 1.77. The van der Waals surface area contributed by atoms with Gasteiger partial charge in [0.1, 0.15) is 0 Å². The molecule has 4 aromatic rings. The summed E-state index contributed by atoms with van der Waals surface area (Å²) in [5, 5.41) is 13.0. The minimum Gasteiger partial charge on any atom is -0.244 e. The van der Waals surface area contributed by atoms with E-state index in [1.54, 1.807) is 30.3 Å². The van der Waals surface area contributed by atoms with Crippen molar-refractivity contribution in [1.82, 2.24) is 25.6 Å². The Morgan fingerprint density at radius 2 is 1.73 bits per heavy atom. The van der Waals surface area contributed by atoms with Crippen molar-refractivity contribution in [2.45, 2.75) is 17.6 Å². The number of tetrazole rings is 1. The Morgan fingerprint density at radius 3 is 2.30 bits per heavy atom. The van der Waals surface area contributed by atoms with Crippen LogP contribution in [0.4, 0.5) is 19.0 Å². The molecule has 0 radical (unpaired) electrons. The van der Waals surface area contributed by atoms with Crippen LogP contribution in [-0.4, -0.2) is 34.0 Å². The fourth-order valence-corrected chi connectivity index (χ4v) is 4.72. The molecule has 2 heterocycles. The van der Waals surface area contributed by atoms with Crippen LogP contribution in [0.2, 0.25) is 5.02 Å². The van der Waals surface area contributed by atoms with E-state index in [0.717, 1.165) is 4.31 Å². The van der Waals surface area contributed by atoms with E-state index >= 15 is 0 Å². The van der Waals surface area contributed by atoms with Gasteiger partial charge >= 0.3 is 6.18 Å². The van der Waals surface area contributed by atoms with E-state index in [0.29, 0.717) is 23.4 Å².